The van der Waals surface area contributed by atoms with E-state index in [9.17, 15) is 4.21 Å². The van der Waals surface area contributed by atoms with Gasteiger partial charge in [0.25, 0.3) is 0 Å². The molecule has 1 unspecified atom stereocenters. The Balaban J connectivity index is 1.68. The Morgan fingerprint density at radius 3 is 2.56 bits per heavy atom. The average molecular weight is 353 g/mol. The van der Waals surface area contributed by atoms with Crippen molar-refractivity contribution >= 4 is 16.8 Å². The third-order valence-corrected chi connectivity index (χ3v) is 5.25. The van der Waals surface area contributed by atoms with Crippen LogP contribution < -0.4 is 13.8 Å². The van der Waals surface area contributed by atoms with Gasteiger partial charge in [0.2, 0.25) is 5.88 Å². The lowest BCUT2D eigenvalue weighted by Gasteiger charge is -2.16. The maximum absolute atomic E-state index is 12.8. The minimum absolute atomic E-state index is 0.147. The van der Waals surface area contributed by atoms with Gasteiger partial charge in [0.05, 0.1) is 18.6 Å². The van der Waals surface area contributed by atoms with Crippen LogP contribution in [0.15, 0.2) is 65.6 Å². The van der Waals surface area contributed by atoms with Crippen molar-refractivity contribution in [2.75, 3.05) is 11.4 Å². The third-order valence-electron chi connectivity index (χ3n) is 3.76. The highest BCUT2D eigenvalue weighted by molar-refractivity contribution is 7.86. The number of para-hydroxylation sites is 1. The van der Waals surface area contributed by atoms with E-state index in [0.29, 0.717) is 24.0 Å². The Kier molecular flexibility index (Phi) is 4.07. The standard InChI is InChI=1S/C18H15N3O3S/c1-23-17-11-16(19-18(20-17)24-14-8-3-2-4-9-14)21-12-13-7-5-6-10-15(13)25(21)22/h2-11H,12H2,1H3. The van der Waals surface area contributed by atoms with Crippen molar-refractivity contribution < 1.29 is 13.7 Å². The topological polar surface area (TPSA) is 64.5 Å². The van der Waals surface area contributed by atoms with Crippen molar-refractivity contribution in [3.8, 4) is 17.6 Å². The van der Waals surface area contributed by atoms with Gasteiger partial charge in [-0.25, -0.2) is 4.21 Å². The molecule has 25 heavy (non-hydrogen) atoms. The molecule has 0 bridgehead atoms. The molecule has 0 saturated heterocycles. The van der Waals surface area contributed by atoms with Crippen molar-refractivity contribution in [3.63, 3.8) is 0 Å². The molecule has 4 rings (SSSR count). The first kappa shape index (κ1) is 15.6. The molecule has 0 radical (unpaired) electrons. The molecule has 0 saturated carbocycles. The van der Waals surface area contributed by atoms with Crippen LogP contribution in [0.2, 0.25) is 0 Å². The maximum atomic E-state index is 12.8. The molecule has 1 aliphatic heterocycles. The highest BCUT2D eigenvalue weighted by Crippen LogP contribution is 2.33. The van der Waals surface area contributed by atoms with Crippen molar-refractivity contribution in [1.82, 2.24) is 9.97 Å². The molecule has 1 aliphatic rings. The molecule has 7 heteroatoms. The lowest BCUT2D eigenvalue weighted by atomic mass is 10.2. The van der Waals surface area contributed by atoms with Gasteiger partial charge < -0.3 is 9.47 Å². The molecule has 2 aromatic carbocycles. The van der Waals surface area contributed by atoms with Crippen LogP contribution in [0.4, 0.5) is 5.82 Å². The van der Waals surface area contributed by atoms with Gasteiger partial charge in [-0.3, -0.25) is 4.31 Å². The molecule has 0 aliphatic carbocycles. The smallest absolute Gasteiger partial charge is 0.327 e. The summed E-state index contributed by atoms with van der Waals surface area (Å²) in [4.78, 5) is 9.42. The second-order valence-electron chi connectivity index (χ2n) is 5.36. The van der Waals surface area contributed by atoms with Crippen molar-refractivity contribution in [2.24, 2.45) is 0 Å². The Hall–Kier alpha value is -2.93. The number of rotatable bonds is 4. The van der Waals surface area contributed by atoms with Gasteiger partial charge in [-0.2, -0.15) is 9.97 Å². The first-order valence-electron chi connectivity index (χ1n) is 7.68. The maximum Gasteiger partial charge on any atom is 0.327 e. The number of anilines is 1. The van der Waals surface area contributed by atoms with E-state index in [2.05, 4.69) is 9.97 Å². The zero-order chi connectivity index (χ0) is 17.2. The van der Waals surface area contributed by atoms with Crippen LogP contribution in [-0.2, 0) is 17.5 Å². The largest absolute Gasteiger partial charge is 0.481 e. The van der Waals surface area contributed by atoms with Crippen LogP contribution in [0.5, 0.6) is 17.6 Å². The number of hydrogen-bond donors (Lipinski definition) is 0. The number of nitrogens with zero attached hydrogens (tertiary/aromatic N) is 3. The fraction of sp³-hybridized carbons (Fsp3) is 0.111. The highest BCUT2D eigenvalue weighted by atomic mass is 32.2. The van der Waals surface area contributed by atoms with E-state index >= 15 is 0 Å². The summed E-state index contributed by atoms with van der Waals surface area (Å²) < 4.78 is 25.4. The van der Waals surface area contributed by atoms with E-state index in [1.54, 1.807) is 10.4 Å². The molecule has 0 fully saturated rings. The van der Waals surface area contributed by atoms with Gasteiger partial charge in [-0.15, -0.1) is 0 Å². The fourth-order valence-corrected chi connectivity index (χ4v) is 3.88. The molecule has 126 valence electrons. The van der Waals surface area contributed by atoms with E-state index in [-0.39, 0.29) is 6.01 Å². The summed E-state index contributed by atoms with van der Waals surface area (Å²) in [5.41, 5.74) is 1.02. The predicted octanol–water partition coefficient (Wildman–Crippen LogP) is 3.32. The van der Waals surface area contributed by atoms with Gasteiger partial charge in [0, 0.05) is 6.07 Å². The van der Waals surface area contributed by atoms with E-state index in [0.717, 1.165) is 10.5 Å². The second kappa shape index (κ2) is 6.52. The Morgan fingerprint density at radius 2 is 1.80 bits per heavy atom. The predicted molar refractivity (Wildman–Crippen MR) is 94.1 cm³/mol. The molecule has 2 heterocycles. The van der Waals surface area contributed by atoms with Crippen molar-refractivity contribution in [3.05, 3.63) is 66.2 Å². The molecule has 1 aromatic heterocycles. The van der Waals surface area contributed by atoms with Gasteiger partial charge in [0.1, 0.15) is 5.75 Å². The summed E-state index contributed by atoms with van der Waals surface area (Å²) >= 11 is 0. The molecule has 0 N–H and O–H groups in total. The van der Waals surface area contributed by atoms with Gasteiger partial charge in [-0.05, 0) is 23.8 Å². The van der Waals surface area contributed by atoms with Gasteiger partial charge in [-0.1, -0.05) is 36.4 Å². The van der Waals surface area contributed by atoms with Crippen LogP contribution >= 0.6 is 0 Å². The summed E-state index contributed by atoms with van der Waals surface area (Å²) in [6.07, 6.45) is 0. The first-order chi connectivity index (χ1) is 12.2. The molecule has 0 amide bonds. The SMILES string of the molecule is COc1cc(N2Cc3ccccc3S2=O)nc(Oc2ccccc2)n1. The molecular formula is C18H15N3O3S. The monoisotopic (exact) mass is 353 g/mol. The summed E-state index contributed by atoms with van der Waals surface area (Å²) in [5.74, 6) is 1.46. The normalized spacial score (nSPS) is 15.7. The van der Waals surface area contributed by atoms with Crippen LogP contribution in [-0.4, -0.2) is 21.3 Å². The second-order valence-corrected chi connectivity index (χ2v) is 6.74. The third kappa shape index (κ3) is 3.06. The van der Waals surface area contributed by atoms with Gasteiger partial charge in [0.15, 0.2) is 16.8 Å². The minimum atomic E-state index is -1.32. The van der Waals surface area contributed by atoms with Gasteiger partial charge >= 0.3 is 6.01 Å². The van der Waals surface area contributed by atoms with E-state index in [4.69, 9.17) is 9.47 Å². The first-order valence-corrected chi connectivity index (χ1v) is 8.78. The highest BCUT2D eigenvalue weighted by Gasteiger charge is 2.28. The quantitative estimate of drug-likeness (QED) is 0.720. The number of ether oxygens (including phenoxy) is 2. The lowest BCUT2D eigenvalue weighted by Crippen LogP contribution is -2.19. The van der Waals surface area contributed by atoms with E-state index in [1.807, 2.05) is 54.6 Å². The van der Waals surface area contributed by atoms with E-state index in [1.165, 1.54) is 7.11 Å². The van der Waals surface area contributed by atoms with Crippen LogP contribution in [0.1, 0.15) is 5.56 Å². The number of benzene rings is 2. The number of methoxy groups -OCH3 is 1. The molecule has 3 aromatic rings. The molecular weight excluding hydrogens is 338 g/mol. The zero-order valence-corrected chi connectivity index (χ0v) is 14.3. The van der Waals surface area contributed by atoms with Crippen LogP contribution in [0.3, 0.4) is 0 Å². The summed E-state index contributed by atoms with van der Waals surface area (Å²) in [5, 5.41) is 0. The van der Waals surface area contributed by atoms with Crippen molar-refractivity contribution in [1.29, 1.82) is 0 Å². The summed E-state index contributed by atoms with van der Waals surface area (Å²) in [6, 6.07) is 18.7. The Bertz CT molecular complexity index is 934. The fourth-order valence-electron chi connectivity index (χ4n) is 2.57. The summed E-state index contributed by atoms with van der Waals surface area (Å²) in [6.45, 7) is 0.508. The zero-order valence-electron chi connectivity index (χ0n) is 13.5. The van der Waals surface area contributed by atoms with Crippen LogP contribution in [0.25, 0.3) is 0 Å². The lowest BCUT2D eigenvalue weighted by molar-refractivity contribution is 0.377. The average Bonchev–Trinajstić information content (AvgIpc) is 2.99. The number of fused-ring (bicyclic) bond motifs is 1. The number of hydrogen-bond acceptors (Lipinski definition) is 5. The Labute approximate surface area is 147 Å². The van der Waals surface area contributed by atoms with Crippen LogP contribution in [0, 0.1) is 0 Å². The molecule has 0 spiro atoms. The molecule has 6 nitrogen and oxygen atoms in total. The minimum Gasteiger partial charge on any atom is -0.481 e. The summed E-state index contributed by atoms with van der Waals surface area (Å²) in [7, 11) is 0.202. The Morgan fingerprint density at radius 1 is 1.04 bits per heavy atom. The molecule has 1 atom stereocenters. The van der Waals surface area contributed by atoms with E-state index < -0.39 is 11.0 Å². The number of aromatic nitrogens is 2. The van der Waals surface area contributed by atoms with Crippen molar-refractivity contribution in [2.45, 2.75) is 11.4 Å².